The largest absolute Gasteiger partial charge is 0.456 e. The molecule has 0 radical (unpaired) electrons. The SMILES string of the molecule is CC(=O)O[C@@H]1[C@@H](OC(C)=O)[C@H](C)O[C@@H]2OC(C)(OC[C@H]3O[C@@H]4OC(C)(C)O[C@@H]4[C@H]4OC(C)(C)O[C@H]43)O[C@@H]21. The normalized spacial score (nSPS) is 47.6. The van der Waals surface area contributed by atoms with Crippen LogP contribution in [0.25, 0.3) is 0 Å². The Kier molecular flexibility index (Phi) is 6.86. The highest BCUT2D eigenvalue weighted by atomic mass is 16.9. The van der Waals surface area contributed by atoms with Gasteiger partial charge in [0.05, 0.1) is 12.7 Å². The van der Waals surface area contributed by atoms with Gasteiger partial charge in [-0.2, -0.15) is 0 Å². The first-order valence-corrected chi connectivity index (χ1v) is 12.5. The minimum atomic E-state index is -1.59. The molecule has 5 heterocycles. The lowest BCUT2D eigenvalue weighted by molar-refractivity contribution is -0.357. The second kappa shape index (κ2) is 9.35. The molecule has 5 rings (SSSR count). The van der Waals surface area contributed by atoms with Crippen LogP contribution in [0, 0.1) is 0 Å². The average Bonchev–Trinajstić information content (AvgIpc) is 3.37. The lowest BCUT2D eigenvalue weighted by Gasteiger charge is -2.39. The van der Waals surface area contributed by atoms with E-state index in [0.717, 1.165) is 0 Å². The molecule has 13 nitrogen and oxygen atoms in total. The summed E-state index contributed by atoms with van der Waals surface area (Å²) in [4.78, 5) is 23.5. The van der Waals surface area contributed by atoms with Crippen molar-refractivity contribution in [3.63, 3.8) is 0 Å². The van der Waals surface area contributed by atoms with E-state index in [-0.39, 0.29) is 6.61 Å². The molecule has 0 saturated carbocycles. The third kappa shape index (κ3) is 5.38. The van der Waals surface area contributed by atoms with Crippen LogP contribution in [0.1, 0.15) is 55.4 Å². The second-order valence-electron chi connectivity index (χ2n) is 10.9. The molecular formula is C24H36O13. The Hall–Kier alpha value is -1.42. The van der Waals surface area contributed by atoms with E-state index in [9.17, 15) is 9.59 Å². The standard InChI is InChI=1S/C24H36O13/c1-10-14(29-11(2)25)16(30-12(3)26)18-20(28-10)37-24(8,35-18)27-9-13-15-17(33-22(4,5)32-15)19-21(31-13)36-23(6,7)34-19/h10,13-21H,9H2,1-8H3/t10-,13+,14-,15-,16+,17-,18+,19+,20+,21+,24?/m0/s1. The molecule has 0 aromatic rings. The van der Waals surface area contributed by atoms with E-state index in [0.29, 0.717) is 0 Å². The van der Waals surface area contributed by atoms with E-state index in [1.54, 1.807) is 13.8 Å². The van der Waals surface area contributed by atoms with Crippen molar-refractivity contribution in [2.24, 2.45) is 0 Å². The van der Waals surface area contributed by atoms with Gasteiger partial charge < -0.3 is 47.4 Å². The summed E-state index contributed by atoms with van der Waals surface area (Å²) in [7, 11) is 0. The fourth-order valence-electron chi connectivity index (χ4n) is 5.49. The zero-order valence-corrected chi connectivity index (χ0v) is 22.3. The van der Waals surface area contributed by atoms with Gasteiger partial charge in [0.1, 0.15) is 24.4 Å². The summed E-state index contributed by atoms with van der Waals surface area (Å²) >= 11 is 0. The third-order valence-electron chi connectivity index (χ3n) is 6.77. The number of ether oxygens (including phenoxy) is 11. The first kappa shape index (κ1) is 27.2. The highest BCUT2D eigenvalue weighted by Gasteiger charge is 2.62. The Labute approximate surface area is 215 Å². The molecule has 0 N–H and O–H groups in total. The molecule has 11 atom stereocenters. The summed E-state index contributed by atoms with van der Waals surface area (Å²) in [6.45, 7) is 13.0. The summed E-state index contributed by atoms with van der Waals surface area (Å²) in [5.74, 6) is -4.39. The van der Waals surface area contributed by atoms with E-state index in [4.69, 9.17) is 52.1 Å². The maximum Gasteiger partial charge on any atom is 0.303 e. The summed E-state index contributed by atoms with van der Waals surface area (Å²) in [5.41, 5.74) is 0. The van der Waals surface area contributed by atoms with Gasteiger partial charge in [-0.05, 0) is 34.6 Å². The Bertz CT molecular complexity index is 907. The molecule has 1 unspecified atom stereocenters. The Morgan fingerprint density at radius 2 is 1.24 bits per heavy atom. The topological polar surface area (TPSA) is 136 Å². The first-order chi connectivity index (χ1) is 17.2. The van der Waals surface area contributed by atoms with E-state index < -0.39 is 90.9 Å². The number of carbonyl (C=O) groups excluding carboxylic acids is 2. The van der Waals surface area contributed by atoms with Gasteiger partial charge in [-0.3, -0.25) is 14.3 Å². The smallest absolute Gasteiger partial charge is 0.303 e. The second-order valence-corrected chi connectivity index (χ2v) is 10.9. The van der Waals surface area contributed by atoms with Gasteiger partial charge in [0.15, 0.2) is 42.5 Å². The molecule has 0 bridgehead atoms. The molecule has 5 aliphatic rings. The predicted octanol–water partition coefficient (Wildman–Crippen LogP) is 1.10. The van der Waals surface area contributed by atoms with Crippen molar-refractivity contribution >= 4 is 11.9 Å². The number of hydrogen-bond donors (Lipinski definition) is 0. The minimum Gasteiger partial charge on any atom is -0.456 e. The number of fused-ring (bicyclic) bond motifs is 4. The molecule has 37 heavy (non-hydrogen) atoms. The van der Waals surface area contributed by atoms with Gasteiger partial charge in [0, 0.05) is 20.8 Å². The van der Waals surface area contributed by atoms with Crippen LogP contribution in [0.2, 0.25) is 0 Å². The monoisotopic (exact) mass is 532 g/mol. The van der Waals surface area contributed by atoms with Crippen molar-refractivity contribution in [2.45, 2.75) is 134 Å². The van der Waals surface area contributed by atoms with Crippen LogP contribution >= 0.6 is 0 Å². The predicted molar refractivity (Wildman–Crippen MR) is 118 cm³/mol. The molecule has 0 aliphatic carbocycles. The van der Waals surface area contributed by atoms with Crippen LogP contribution in [-0.4, -0.2) is 97.5 Å². The van der Waals surface area contributed by atoms with Crippen LogP contribution in [0.4, 0.5) is 0 Å². The van der Waals surface area contributed by atoms with Crippen LogP contribution in [0.5, 0.6) is 0 Å². The van der Waals surface area contributed by atoms with E-state index >= 15 is 0 Å². The molecule has 5 aliphatic heterocycles. The molecule has 5 saturated heterocycles. The number of rotatable bonds is 5. The van der Waals surface area contributed by atoms with Gasteiger partial charge in [-0.15, -0.1) is 0 Å². The quantitative estimate of drug-likeness (QED) is 0.468. The molecule has 13 heteroatoms. The molecular weight excluding hydrogens is 496 g/mol. The molecule has 0 amide bonds. The van der Waals surface area contributed by atoms with Gasteiger partial charge in [0.25, 0.3) is 5.97 Å². The Morgan fingerprint density at radius 1 is 0.676 bits per heavy atom. The van der Waals surface area contributed by atoms with Crippen LogP contribution in [0.3, 0.4) is 0 Å². The van der Waals surface area contributed by atoms with E-state index in [1.807, 2.05) is 27.7 Å². The molecule has 0 aromatic heterocycles. The average molecular weight is 533 g/mol. The van der Waals surface area contributed by atoms with Crippen molar-refractivity contribution in [2.75, 3.05) is 6.61 Å². The number of hydrogen-bond acceptors (Lipinski definition) is 13. The van der Waals surface area contributed by atoms with Gasteiger partial charge in [0.2, 0.25) is 0 Å². The van der Waals surface area contributed by atoms with E-state index in [2.05, 4.69) is 0 Å². The number of carbonyl (C=O) groups is 2. The summed E-state index contributed by atoms with van der Waals surface area (Å²) in [6.07, 6.45) is -7.00. The van der Waals surface area contributed by atoms with Crippen molar-refractivity contribution in [3.8, 4) is 0 Å². The molecule has 210 valence electrons. The van der Waals surface area contributed by atoms with Crippen molar-refractivity contribution < 1.29 is 61.7 Å². The maximum atomic E-state index is 11.8. The summed E-state index contributed by atoms with van der Waals surface area (Å²) < 4.78 is 65.3. The molecule has 5 fully saturated rings. The van der Waals surface area contributed by atoms with Gasteiger partial charge >= 0.3 is 11.9 Å². The van der Waals surface area contributed by atoms with Crippen molar-refractivity contribution in [1.82, 2.24) is 0 Å². The van der Waals surface area contributed by atoms with Crippen LogP contribution < -0.4 is 0 Å². The Morgan fingerprint density at radius 3 is 1.92 bits per heavy atom. The molecule has 0 aromatic carbocycles. The van der Waals surface area contributed by atoms with E-state index in [1.165, 1.54) is 13.8 Å². The zero-order valence-electron chi connectivity index (χ0n) is 22.3. The molecule has 0 spiro atoms. The van der Waals surface area contributed by atoms with Crippen molar-refractivity contribution in [3.05, 3.63) is 0 Å². The first-order valence-electron chi connectivity index (χ1n) is 12.5. The summed E-state index contributed by atoms with van der Waals surface area (Å²) in [5, 5.41) is 0. The fraction of sp³-hybridized carbons (Fsp3) is 0.917. The van der Waals surface area contributed by atoms with Gasteiger partial charge in [-0.25, -0.2) is 0 Å². The summed E-state index contributed by atoms with van der Waals surface area (Å²) in [6, 6.07) is 0. The lowest BCUT2D eigenvalue weighted by atomic mass is 9.99. The number of esters is 2. The van der Waals surface area contributed by atoms with Crippen LogP contribution in [0.15, 0.2) is 0 Å². The fourth-order valence-corrected chi connectivity index (χ4v) is 5.49. The third-order valence-corrected chi connectivity index (χ3v) is 6.77. The highest BCUT2D eigenvalue weighted by Crippen LogP contribution is 2.45. The lowest BCUT2D eigenvalue weighted by Crippen LogP contribution is -2.58. The maximum absolute atomic E-state index is 11.8. The highest BCUT2D eigenvalue weighted by molar-refractivity contribution is 5.67. The van der Waals surface area contributed by atoms with Crippen molar-refractivity contribution in [1.29, 1.82) is 0 Å². The van der Waals surface area contributed by atoms with Crippen LogP contribution in [-0.2, 0) is 61.7 Å². The Balaban J connectivity index is 1.29. The zero-order chi connectivity index (χ0) is 26.9. The minimum absolute atomic E-state index is 0.00921. The van der Waals surface area contributed by atoms with Gasteiger partial charge in [-0.1, -0.05) is 0 Å².